The number of ether oxygens (including phenoxy) is 3. The molecule has 0 saturated carbocycles. The van der Waals surface area contributed by atoms with E-state index in [0.29, 0.717) is 5.75 Å². The zero-order valence-electron chi connectivity index (χ0n) is 11.1. The Kier molecular flexibility index (Phi) is 4.28. The maximum Gasteiger partial charge on any atom is 0.164 e. The van der Waals surface area contributed by atoms with Gasteiger partial charge in [-0.25, -0.2) is 0 Å². The lowest BCUT2D eigenvalue weighted by Gasteiger charge is -2.27. The van der Waals surface area contributed by atoms with Crippen LogP contribution in [0, 0.1) is 0 Å². The van der Waals surface area contributed by atoms with Crippen LogP contribution in [0.3, 0.4) is 0 Å². The molecule has 1 aliphatic heterocycles. The molecular formula is C13H20N2O3. The van der Waals surface area contributed by atoms with E-state index in [-0.39, 0.29) is 6.04 Å². The number of hydrogen-bond acceptors (Lipinski definition) is 5. The number of hydrogen-bond donors (Lipinski definition) is 2. The van der Waals surface area contributed by atoms with E-state index in [1.54, 1.807) is 21.3 Å². The van der Waals surface area contributed by atoms with Gasteiger partial charge >= 0.3 is 0 Å². The summed E-state index contributed by atoms with van der Waals surface area (Å²) in [5.74, 6) is 2.22. The number of rotatable bonds is 4. The lowest BCUT2D eigenvalue weighted by molar-refractivity contribution is 0.342. The van der Waals surface area contributed by atoms with E-state index < -0.39 is 0 Å². The second-order valence-electron chi connectivity index (χ2n) is 4.16. The van der Waals surface area contributed by atoms with Crippen molar-refractivity contribution in [1.82, 2.24) is 10.6 Å². The summed E-state index contributed by atoms with van der Waals surface area (Å²) >= 11 is 0. The van der Waals surface area contributed by atoms with Gasteiger partial charge in [0.2, 0.25) is 0 Å². The van der Waals surface area contributed by atoms with Crippen LogP contribution in [-0.4, -0.2) is 41.0 Å². The van der Waals surface area contributed by atoms with Crippen LogP contribution in [-0.2, 0) is 0 Å². The van der Waals surface area contributed by atoms with Crippen LogP contribution in [0.5, 0.6) is 17.2 Å². The summed E-state index contributed by atoms with van der Waals surface area (Å²) in [6.45, 7) is 2.82. The third kappa shape index (κ3) is 2.52. The Bertz CT molecular complexity index is 403. The number of methoxy groups -OCH3 is 3. The minimum Gasteiger partial charge on any atom is -0.496 e. The van der Waals surface area contributed by atoms with Crippen molar-refractivity contribution in [3.63, 3.8) is 0 Å². The van der Waals surface area contributed by atoms with Gasteiger partial charge in [0.15, 0.2) is 11.5 Å². The molecule has 1 aromatic rings. The molecule has 1 heterocycles. The first kappa shape index (κ1) is 13.0. The lowest BCUT2D eigenvalue weighted by atomic mass is 10.0. The van der Waals surface area contributed by atoms with Gasteiger partial charge in [0.1, 0.15) is 5.75 Å². The molecule has 100 valence electrons. The van der Waals surface area contributed by atoms with Gasteiger partial charge in [0.25, 0.3) is 0 Å². The molecule has 18 heavy (non-hydrogen) atoms. The molecule has 2 N–H and O–H groups in total. The van der Waals surface area contributed by atoms with Crippen molar-refractivity contribution in [3.05, 3.63) is 17.7 Å². The monoisotopic (exact) mass is 252 g/mol. The minimum atomic E-state index is 0.230. The second kappa shape index (κ2) is 5.93. The lowest BCUT2D eigenvalue weighted by Crippen LogP contribution is -2.42. The Morgan fingerprint density at radius 1 is 0.944 bits per heavy atom. The maximum atomic E-state index is 5.44. The van der Waals surface area contributed by atoms with Gasteiger partial charge in [-0.15, -0.1) is 0 Å². The van der Waals surface area contributed by atoms with Crippen LogP contribution in [0.4, 0.5) is 0 Å². The van der Waals surface area contributed by atoms with Crippen molar-refractivity contribution in [2.24, 2.45) is 0 Å². The normalized spacial score (nSPS) is 19.4. The Balaban J connectivity index is 2.37. The molecule has 1 saturated heterocycles. The summed E-state index contributed by atoms with van der Waals surface area (Å²) in [5.41, 5.74) is 1.09. The van der Waals surface area contributed by atoms with Crippen LogP contribution in [0.1, 0.15) is 11.6 Å². The Labute approximate surface area is 107 Å². The number of benzene rings is 1. The molecule has 1 aliphatic rings. The van der Waals surface area contributed by atoms with Gasteiger partial charge in [-0.3, -0.25) is 0 Å². The first-order valence-corrected chi connectivity index (χ1v) is 6.04. The molecule has 1 atom stereocenters. The quantitative estimate of drug-likeness (QED) is 0.835. The molecule has 0 bridgehead atoms. The molecule has 0 radical (unpaired) electrons. The highest BCUT2D eigenvalue weighted by Crippen LogP contribution is 2.37. The summed E-state index contributed by atoms with van der Waals surface area (Å²) < 4.78 is 16.1. The van der Waals surface area contributed by atoms with Crippen molar-refractivity contribution in [2.45, 2.75) is 6.04 Å². The van der Waals surface area contributed by atoms with E-state index in [0.717, 1.165) is 36.7 Å². The largest absolute Gasteiger partial charge is 0.496 e. The van der Waals surface area contributed by atoms with Crippen LogP contribution < -0.4 is 24.8 Å². The molecule has 1 fully saturated rings. The summed E-state index contributed by atoms with van der Waals surface area (Å²) in [6, 6.07) is 4.07. The highest BCUT2D eigenvalue weighted by Gasteiger charge is 2.21. The predicted octanol–water partition coefficient (Wildman–Crippen LogP) is 0.946. The summed E-state index contributed by atoms with van der Waals surface area (Å²) in [4.78, 5) is 0. The molecule has 5 heteroatoms. The molecular weight excluding hydrogens is 232 g/mol. The zero-order chi connectivity index (χ0) is 13.0. The summed E-state index contributed by atoms with van der Waals surface area (Å²) in [5, 5.41) is 6.82. The minimum absolute atomic E-state index is 0.230. The molecule has 0 aromatic heterocycles. The molecule has 1 aromatic carbocycles. The maximum absolute atomic E-state index is 5.44. The first-order chi connectivity index (χ1) is 8.80. The van der Waals surface area contributed by atoms with Crippen LogP contribution in [0.25, 0.3) is 0 Å². The average molecular weight is 252 g/mol. The molecule has 0 spiro atoms. The fourth-order valence-electron chi connectivity index (χ4n) is 2.20. The fraction of sp³-hybridized carbons (Fsp3) is 0.538. The Morgan fingerprint density at radius 3 is 2.17 bits per heavy atom. The third-order valence-electron chi connectivity index (χ3n) is 3.15. The topological polar surface area (TPSA) is 51.8 Å². The van der Waals surface area contributed by atoms with E-state index in [9.17, 15) is 0 Å². The van der Waals surface area contributed by atoms with E-state index in [4.69, 9.17) is 14.2 Å². The van der Waals surface area contributed by atoms with Crippen molar-refractivity contribution in [2.75, 3.05) is 41.0 Å². The highest BCUT2D eigenvalue weighted by molar-refractivity contribution is 5.52. The van der Waals surface area contributed by atoms with Crippen molar-refractivity contribution in [3.8, 4) is 17.2 Å². The highest BCUT2D eigenvalue weighted by atomic mass is 16.5. The molecule has 1 unspecified atom stereocenters. The summed E-state index contributed by atoms with van der Waals surface area (Å²) in [7, 11) is 4.93. The van der Waals surface area contributed by atoms with Crippen LogP contribution in [0.2, 0.25) is 0 Å². The molecule has 0 aliphatic carbocycles. The molecule has 0 amide bonds. The van der Waals surface area contributed by atoms with Gasteiger partial charge in [0.05, 0.1) is 21.3 Å². The van der Waals surface area contributed by atoms with Crippen molar-refractivity contribution < 1.29 is 14.2 Å². The van der Waals surface area contributed by atoms with Crippen molar-refractivity contribution >= 4 is 0 Å². The van der Waals surface area contributed by atoms with Gasteiger partial charge in [-0.2, -0.15) is 0 Å². The van der Waals surface area contributed by atoms with E-state index in [1.165, 1.54) is 0 Å². The van der Waals surface area contributed by atoms with E-state index in [2.05, 4.69) is 10.6 Å². The Morgan fingerprint density at radius 2 is 1.61 bits per heavy atom. The first-order valence-electron chi connectivity index (χ1n) is 6.04. The van der Waals surface area contributed by atoms with E-state index >= 15 is 0 Å². The van der Waals surface area contributed by atoms with E-state index in [1.807, 2.05) is 12.1 Å². The van der Waals surface area contributed by atoms with Crippen LogP contribution in [0.15, 0.2) is 12.1 Å². The SMILES string of the molecule is COc1cc(OC)c(C2CNCCN2)cc1OC. The van der Waals surface area contributed by atoms with Crippen molar-refractivity contribution in [1.29, 1.82) is 0 Å². The third-order valence-corrected chi connectivity index (χ3v) is 3.15. The van der Waals surface area contributed by atoms with Gasteiger partial charge < -0.3 is 24.8 Å². The van der Waals surface area contributed by atoms with Gasteiger partial charge in [-0.05, 0) is 6.07 Å². The predicted molar refractivity (Wildman–Crippen MR) is 69.7 cm³/mol. The van der Waals surface area contributed by atoms with Gasteiger partial charge in [0, 0.05) is 37.3 Å². The second-order valence-corrected chi connectivity index (χ2v) is 4.16. The number of piperazine rings is 1. The fourth-order valence-corrected chi connectivity index (χ4v) is 2.20. The van der Waals surface area contributed by atoms with Gasteiger partial charge in [-0.1, -0.05) is 0 Å². The average Bonchev–Trinajstić information content (AvgIpc) is 2.46. The summed E-state index contributed by atoms with van der Waals surface area (Å²) in [6.07, 6.45) is 0. The molecule has 5 nitrogen and oxygen atoms in total. The molecule has 2 rings (SSSR count). The number of nitrogens with one attached hydrogen (secondary N) is 2. The smallest absolute Gasteiger partial charge is 0.164 e. The standard InChI is InChI=1S/C13H20N2O3/c1-16-11-7-13(18-3)12(17-2)6-9(11)10-8-14-4-5-15-10/h6-7,10,14-15H,4-5,8H2,1-3H3. The van der Waals surface area contributed by atoms with Crippen LogP contribution >= 0.6 is 0 Å². The Hall–Kier alpha value is -1.46. The zero-order valence-corrected chi connectivity index (χ0v) is 11.1.